The van der Waals surface area contributed by atoms with Gasteiger partial charge in [-0.3, -0.25) is 0 Å². The van der Waals surface area contributed by atoms with E-state index >= 15 is 0 Å². The summed E-state index contributed by atoms with van der Waals surface area (Å²) in [5.41, 5.74) is 2.44. The first-order chi connectivity index (χ1) is 7.81. The summed E-state index contributed by atoms with van der Waals surface area (Å²) in [5, 5.41) is 3.33. The third kappa shape index (κ3) is 2.42. The summed E-state index contributed by atoms with van der Waals surface area (Å²) >= 11 is 0. The zero-order valence-corrected chi connectivity index (χ0v) is 11.1. The lowest BCUT2D eigenvalue weighted by molar-refractivity contribution is 0.320. The van der Waals surface area contributed by atoms with E-state index in [2.05, 4.69) is 5.32 Å². The summed E-state index contributed by atoms with van der Waals surface area (Å²) in [6.45, 7) is 1.82. The van der Waals surface area contributed by atoms with Crippen molar-refractivity contribution in [2.45, 2.75) is 13.0 Å². The average Bonchev–Trinajstić information content (AvgIpc) is 2.36. The molecule has 0 fully saturated rings. The molecule has 4 nitrogen and oxygen atoms in total. The SMILES string of the molecule is COc1cc2c(c(OC)c1OC)CCNC2.Cl. The molecule has 0 saturated heterocycles. The Morgan fingerprint density at radius 3 is 2.35 bits per heavy atom. The zero-order chi connectivity index (χ0) is 11.5. The molecule has 1 aliphatic heterocycles. The second kappa shape index (κ2) is 5.98. The topological polar surface area (TPSA) is 39.7 Å². The Morgan fingerprint density at radius 1 is 1.06 bits per heavy atom. The maximum Gasteiger partial charge on any atom is 0.203 e. The Balaban J connectivity index is 0.00000144. The van der Waals surface area contributed by atoms with Crippen molar-refractivity contribution in [3.63, 3.8) is 0 Å². The summed E-state index contributed by atoms with van der Waals surface area (Å²) < 4.78 is 16.1. The summed E-state index contributed by atoms with van der Waals surface area (Å²) in [6, 6.07) is 2.02. The Hall–Kier alpha value is -1.13. The standard InChI is InChI=1S/C12H17NO3.ClH/c1-14-10-6-8-7-13-5-4-9(8)11(15-2)12(10)16-3;/h6,13H,4-5,7H2,1-3H3;1H. The van der Waals surface area contributed by atoms with Gasteiger partial charge in [0.05, 0.1) is 21.3 Å². The van der Waals surface area contributed by atoms with Crippen LogP contribution < -0.4 is 19.5 Å². The van der Waals surface area contributed by atoms with Gasteiger partial charge in [0.15, 0.2) is 11.5 Å². The molecule has 5 heteroatoms. The molecule has 0 unspecified atom stereocenters. The summed E-state index contributed by atoms with van der Waals surface area (Å²) in [4.78, 5) is 0. The van der Waals surface area contributed by atoms with E-state index in [0.717, 1.165) is 31.0 Å². The Kier molecular flexibility index (Phi) is 4.90. The van der Waals surface area contributed by atoms with Crippen LogP contribution in [0, 0.1) is 0 Å². The van der Waals surface area contributed by atoms with Crippen molar-refractivity contribution in [2.24, 2.45) is 0 Å². The van der Waals surface area contributed by atoms with Crippen LogP contribution in [0.5, 0.6) is 17.2 Å². The van der Waals surface area contributed by atoms with Gasteiger partial charge in [0, 0.05) is 12.1 Å². The second-order valence-electron chi connectivity index (χ2n) is 3.71. The lowest BCUT2D eigenvalue weighted by Crippen LogP contribution is -2.24. The maximum atomic E-state index is 5.44. The molecule has 1 aromatic carbocycles. The summed E-state index contributed by atoms with van der Waals surface area (Å²) in [6.07, 6.45) is 0.957. The molecule has 1 N–H and O–H groups in total. The quantitative estimate of drug-likeness (QED) is 0.898. The zero-order valence-electron chi connectivity index (χ0n) is 10.3. The van der Waals surface area contributed by atoms with E-state index in [9.17, 15) is 0 Å². The van der Waals surface area contributed by atoms with Crippen LogP contribution in [0.2, 0.25) is 0 Å². The third-order valence-electron chi connectivity index (χ3n) is 2.89. The van der Waals surface area contributed by atoms with E-state index in [1.54, 1.807) is 21.3 Å². The minimum absolute atomic E-state index is 0. The molecule has 0 aliphatic carbocycles. The van der Waals surface area contributed by atoms with Gasteiger partial charge in [-0.15, -0.1) is 12.4 Å². The van der Waals surface area contributed by atoms with Crippen molar-refractivity contribution < 1.29 is 14.2 Å². The largest absolute Gasteiger partial charge is 0.493 e. The number of hydrogen-bond acceptors (Lipinski definition) is 4. The Morgan fingerprint density at radius 2 is 1.76 bits per heavy atom. The Bertz CT molecular complexity index is 382. The number of benzene rings is 1. The lowest BCUT2D eigenvalue weighted by atomic mass is 9.99. The van der Waals surface area contributed by atoms with Gasteiger partial charge >= 0.3 is 0 Å². The molecule has 96 valence electrons. The van der Waals surface area contributed by atoms with Crippen LogP contribution in [0.4, 0.5) is 0 Å². The molecule has 1 aromatic rings. The number of rotatable bonds is 3. The highest BCUT2D eigenvalue weighted by molar-refractivity contribution is 5.85. The minimum Gasteiger partial charge on any atom is -0.493 e. The van der Waals surface area contributed by atoms with E-state index in [0.29, 0.717) is 5.75 Å². The number of fused-ring (bicyclic) bond motifs is 1. The minimum atomic E-state index is 0. The predicted octanol–water partition coefficient (Wildman–Crippen LogP) is 1.78. The molecule has 1 aliphatic rings. The predicted molar refractivity (Wildman–Crippen MR) is 68.8 cm³/mol. The lowest BCUT2D eigenvalue weighted by Gasteiger charge is -2.23. The van der Waals surface area contributed by atoms with Crippen LogP contribution in [0.15, 0.2) is 6.07 Å². The van der Waals surface area contributed by atoms with E-state index < -0.39 is 0 Å². The average molecular weight is 260 g/mol. The van der Waals surface area contributed by atoms with E-state index in [4.69, 9.17) is 14.2 Å². The van der Waals surface area contributed by atoms with Crippen molar-refractivity contribution in [1.82, 2.24) is 5.32 Å². The van der Waals surface area contributed by atoms with Crippen molar-refractivity contribution in [1.29, 1.82) is 0 Å². The van der Waals surface area contributed by atoms with Crippen LogP contribution in [-0.2, 0) is 13.0 Å². The van der Waals surface area contributed by atoms with Crippen molar-refractivity contribution in [3.8, 4) is 17.2 Å². The van der Waals surface area contributed by atoms with Crippen LogP contribution in [0.1, 0.15) is 11.1 Å². The third-order valence-corrected chi connectivity index (χ3v) is 2.89. The van der Waals surface area contributed by atoms with Gasteiger partial charge < -0.3 is 19.5 Å². The highest BCUT2D eigenvalue weighted by Crippen LogP contribution is 2.42. The smallest absolute Gasteiger partial charge is 0.203 e. The fraction of sp³-hybridized carbons (Fsp3) is 0.500. The molecule has 2 rings (SSSR count). The maximum absolute atomic E-state index is 5.44. The summed E-state index contributed by atoms with van der Waals surface area (Å²) in [7, 11) is 4.94. The molecule has 0 radical (unpaired) electrons. The van der Waals surface area contributed by atoms with E-state index in [1.807, 2.05) is 6.07 Å². The fourth-order valence-corrected chi connectivity index (χ4v) is 2.13. The van der Waals surface area contributed by atoms with Gasteiger partial charge in [-0.1, -0.05) is 0 Å². The molecular weight excluding hydrogens is 242 g/mol. The number of nitrogens with one attached hydrogen (secondary N) is 1. The van der Waals surface area contributed by atoms with Gasteiger partial charge in [0.25, 0.3) is 0 Å². The first kappa shape index (κ1) is 13.9. The summed E-state index contributed by atoms with van der Waals surface area (Å²) in [5.74, 6) is 2.21. The molecule has 0 amide bonds. The molecule has 0 atom stereocenters. The molecule has 0 bridgehead atoms. The number of halogens is 1. The fourth-order valence-electron chi connectivity index (χ4n) is 2.13. The Labute approximate surface area is 108 Å². The van der Waals surface area contributed by atoms with Gasteiger partial charge in [-0.05, 0) is 24.6 Å². The number of hydrogen-bond donors (Lipinski definition) is 1. The highest BCUT2D eigenvalue weighted by Gasteiger charge is 2.21. The van der Waals surface area contributed by atoms with Crippen LogP contribution in [-0.4, -0.2) is 27.9 Å². The van der Waals surface area contributed by atoms with Gasteiger partial charge in [-0.2, -0.15) is 0 Å². The normalized spacial score (nSPS) is 13.4. The van der Waals surface area contributed by atoms with Gasteiger partial charge in [0.1, 0.15) is 0 Å². The molecule has 0 aromatic heterocycles. The number of methoxy groups -OCH3 is 3. The van der Waals surface area contributed by atoms with Crippen molar-refractivity contribution in [2.75, 3.05) is 27.9 Å². The molecule has 17 heavy (non-hydrogen) atoms. The first-order valence-electron chi connectivity index (χ1n) is 5.33. The number of ether oxygens (including phenoxy) is 3. The van der Waals surface area contributed by atoms with Gasteiger partial charge in [0.2, 0.25) is 5.75 Å². The van der Waals surface area contributed by atoms with Crippen molar-refractivity contribution in [3.05, 3.63) is 17.2 Å². The monoisotopic (exact) mass is 259 g/mol. The first-order valence-corrected chi connectivity index (χ1v) is 5.33. The molecule has 1 heterocycles. The highest BCUT2D eigenvalue weighted by atomic mass is 35.5. The van der Waals surface area contributed by atoms with Crippen LogP contribution in [0.25, 0.3) is 0 Å². The van der Waals surface area contributed by atoms with E-state index in [-0.39, 0.29) is 12.4 Å². The molecule has 0 spiro atoms. The molecule has 0 saturated carbocycles. The van der Waals surface area contributed by atoms with E-state index in [1.165, 1.54) is 11.1 Å². The van der Waals surface area contributed by atoms with Gasteiger partial charge in [-0.25, -0.2) is 0 Å². The molecular formula is C12H18ClNO3. The second-order valence-corrected chi connectivity index (χ2v) is 3.71. The van der Waals surface area contributed by atoms with Crippen LogP contribution >= 0.6 is 12.4 Å². The van der Waals surface area contributed by atoms with Crippen LogP contribution in [0.3, 0.4) is 0 Å². The van der Waals surface area contributed by atoms with Crippen molar-refractivity contribution >= 4 is 12.4 Å².